The number of rotatable bonds is 6. The van der Waals surface area contributed by atoms with E-state index in [2.05, 4.69) is 163 Å². The molecule has 0 aliphatic carbocycles. The van der Waals surface area contributed by atoms with E-state index in [1.165, 1.54) is 32.0 Å². The van der Waals surface area contributed by atoms with Crippen LogP contribution in [-0.2, 0) is 0 Å². The predicted molar refractivity (Wildman–Crippen MR) is 160 cm³/mol. The molecule has 0 aliphatic heterocycles. The minimum absolute atomic E-state index is 1.13. The zero-order valence-electron chi connectivity index (χ0n) is 22.4. The summed E-state index contributed by atoms with van der Waals surface area (Å²) < 4.78 is 34.0. The minimum atomic E-state index is -4.94. The van der Waals surface area contributed by atoms with Gasteiger partial charge in [0.15, 0.2) is 0 Å². The van der Waals surface area contributed by atoms with Crippen LogP contribution >= 0.6 is 11.3 Å². The molecule has 0 fully saturated rings. The molecule has 5 aromatic carbocycles. The van der Waals surface area contributed by atoms with Crippen LogP contribution in [0.5, 0.6) is 0 Å². The van der Waals surface area contributed by atoms with E-state index in [0.29, 0.717) is 0 Å². The number of anilines is 3. The Kier molecular flexibility index (Phi) is 9.36. The highest BCUT2D eigenvalue weighted by molar-refractivity contribution is 7.18. The molecule has 6 rings (SSSR count). The van der Waals surface area contributed by atoms with Crippen molar-refractivity contribution in [2.24, 2.45) is 0 Å². The van der Waals surface area contributed by atoms with Gasteiger partial charge in [0, 0.05) is 40.3 Å². The first kappa shape index (κ1) is 29.1. The van der Waals surface area contributed by atoms with Crippen molar-refractivity contribution in [3.05, 3.63) is 158 Å². The van der Waals surface area contributed by atoms with Crippen molar-refractivity contribution in [1.82, 2.24) is 0 Å². The third kappa shape index (κ3) is 7.87. The van der Waals surface area contributed by atoms with Crippen LogP contribution in [0.3, 0.4) is 0 Å². The lowest BCUT2D eigenvalue weighted by Gasteiger charge is -2.25. The van der Waals surface area contributed by atoms with Crippen molar-refractivity contribution < 1.29 is 28.9 Å². The molecule has 208 valence electrons. The molecule has 0 N–H and O–H groups in total. The Hall–Kier alpha value is -4.40. The van der Waals surface area contributed by atoms with E-state index < -0.39 is 10.2 Å². The van der Waals surface area contributed by atoms with Gasteiger partial charge in [0.2, 0.25) is 21.1 Å². The van der Waals surface area contributed by atoms with Crippen molar-refractivity contribution in [2.75, 3.05) is 4.90 Å². The second-order valence-corrected chi connectivity index (χ2v) is 11.1. The molecule has 0 amide bonds. The first-order valence-corrected chi connectivity index (χ1v) is 15.1. The molecule has 0 saturated carbocycles. The molecule has 1 aromatic heterocycles. The van der Waals surface area contributed by atoms with Crippen molar-refractivity contribution in [2.45, 2.75) is 0 Å². The van der Waals surface area contributed by atoms with Crippen LogP contribution in [0.1, 0.15) is 0 Å². The van der Waals surface area contributed by atoms with Crippen molar-refractivity contribution in [3.63, 3.8) is 0 Å². The Bertz CT molecular complexity index is 1590. The Labute approximate surface area is 251 Å². The summed E-state index contributed by atoms with van der Waals surface area (Å²) >= 11 is 1.83. The lowest BCUT2D eigenvalue weighted by Crippen LogP contribution is -2.68. The number of hydrogen-bond donors (Lipinski definition) is 0. The van der Waals surface area contributed by atoms with Crippen LogP contribution in [0.15, 0.2) is 158 Å². The van der Waals surface area contributed by atoms with Crippen LogP contribution < -0.4 is 23.5 Å². The lowest BCUT2D eigenvalue weighted by atomic mass is 10.0. The van der Waals surface area contributed by atoms with Gasteiger partial charge in [-0.15, -0.1) is 10.2 Å². The molecule has 6 aromatic rings. The molecule has 0 saturated heterocycles. The van der Waals surface area contributed by atoms with E-state index in [1.807, 2.05) is 11.3 Å². The summed E-state index contributed by atoms with van der Waals surface area (Å²) in [5, 5.41) is 0. The van der Waals surface area contributed by atoms with Gasteiger partial charge in [-0.25, -0.2) is 18.6 Å². The van der Waals surface area contributed by atoms with Gasteiger partial charge in [-0.05, 0) is 71.8 Å². The highest BCUT2D eigenvalue weighted by Gasteiger charge is 2.19. The summed E-state index contributed by atoms with van der Waals surface area (Å²) in [4.78, 5) is 4.81. The minimum Gasteiger partial charge on any atom is -0.311 e. The maximum absolute atomic E-state index is 8.49. The number of hydrogen-bond acceptors (Lipinski definition) is 5. The van der Waals surface area contributed by atoms with Gasteiger partial charge in [0.1, 0.15) is 0 Å². The highest BCUT2D eigenvalue weighted by Crippen LogP contribution is 2.39. The number of para-hydroxylation sites is 2. The van der Waals surface area contributed by atoms with Gasteiger partial charge in [-0.1, -0.05) is 84.9 Å². The van der Waals surface area contributed by atoms with Crippen LogP contribution in [-0.4, -0.2) is 0 Å². The van der Waals surface area contributed by atoms with Gasteiger partial charge >= 0.3 is 0 Å². The van der Waals surface area contributed by atoms with Crippen LogP contribution in [0.2, 0.25) is 0 Å². The van der Waals surface area contributed by atoms with Crippen LogP contribution in [0.4, 0.5) is 17.1 Å². The zero-order chi connectivity index (χ0) is 29.4. The van der Waals surface area contributed by atoms with Gasteiger partial charge in [-0.3, -0.25) is 0 Å². The quantitative estimate of drug-likeness (QED) is 0.230. The SMILES string of the molecule is [O-][Cl+3]([O-])([O-])[O-].c1ccc(-c2cc(-c3ccc(N(c4ccccc4)c4ccccc4)cc3)cc(-c3ccccc3)[s+]2)cc1. The van der Waals surface area contributed by atoms with Crippen molar-refractivity contribution >= 4 is 28.4 Å². The smallest absolute Gasteiger partial charge is 0.239 e. The fourth-order valence-electron chi connectivity index (χ4n) is 4.56. The largest absolute Gasteiger partial charge is 0.311 e. The summed E-state index contributed by atoms with van der Waals surface area (Å²) in [5.74, 6) is 0. The zero-order valence-corrected chi connectivity index (χ0v) is 23.9. The van der Waals surface area contributed by atoms with Crippen molar-refractivity contribution in [1.29, 1.82) is 0 Å². The van der Waals surface area contributed by atoms with Gasteiger partial charge in [0.25, 0.3) is 0 Å². The van der Waals surface area contributed by atoms with Crippen LogP contribution in [0.25, 0.3) is 32.0 Å². The molecule has 0 radical (unpaired) electrons. The maximum Gasteiger partial charge on any atom is 0.239 e. The molecule has 0 unspecified atom stereocenters. The van der Waals surface area contributed by atoms with Gasteiger partial charge in [0.05, 0.1) is 0 Å². The molecular formula is C35H26ClNO4S. The van der Waals surface area contributed by atoms with E-state index in [9.17, 15) is 0 Å². The third-order valence-electron chi connectivity index (χ3n) is 6.40. The fourth-order valence-corrected chi connectivity index (χ4v) is 5.68. The summed E-state index contributed by atoms with van der Waals surface area (Å²) in [6, 6.07) is 55.9. The maximum atomic E-state index is 8.49. The summed E-state index contributed by atoms with van der Waals surface area (Å²) in [7, 11) is -4.94. The lowest BCUT2D eigenvalue weighted by molar-refractivity contribution is -2.00. The molecule has 0 atom stereocenters. The molecular weight excluding hydrogens is 566 g/mol. The molecule has 1 heterocycles. The Balaban J connectivity index is 0.000000652. The molecule has 0 spiro atoms. The van der Waals surface area contributed by atoms with Crippen LogP contribution in [0, 0.1) is 10.2 Å². The number of halogens is 1. The highest BCUT2D eigenvalue weighted by atomic mass is 35.7. The number of benzene rings is 5. The predicted octanol–water partition coefficient (Wildman–Crippen LogP) is 5.74. The normalized spacial score (nSPS) is 10.9. The summed E-state index contributed by atoms with van der Waals surface area (Å²) in [6.07, 6.45) is 0. The topological polar surface area (TPSA) is 95.5 Å². The monoisotopic (exact) mass is 591 g/mol. The fraction of sp³-hybridized carbons (Fsp3) is 0. The summed E-state index contributed by atoms with van der Waals surface area (Å²) in [6.45, 7) is 0. The second-order valence-electron chi connectivity index (χ2n) is 9.24. The Morgan fingerprint density at radius 2 is 0.714 bits per heavy atom. The average molecular weight is 592 g/mol. The number of nitrogens with zero attached hydrogens (tertiary/aromatic N) is 1. The molecule has 0 bridgehead atoms. The first-order valence-electron chi connectivity index (χ1n) is 13.1. The standard InChI is InChI=1S/C35H26NS.ClHO4/c1-5-13-28(14-6-1)34-25-30(26-35(37-34)29-15-7-2-8-16-29)27-21-23-33(24-22-27)36(31-17-9-3-10-18-31)32-19-11-4-12-20-32;2-1(3,4)5/h1-26H;(H,2,3,4,5)/q+1;/p-1. The Morgan fingerprint density at radius 1 is 0.381 bits per heavy atom. The summed E-state index contributed by atoms with van der Waals surface area (Å²) in [5.41, 5.74) is 8.30. The van der Waals surface area contributed by atoms with E-state index in [1.54, 1.807) is 0 Å². The van der Waals surface area contributed by atoms with Gasteiger partial charge < -0.3 is 4.90 Å². The van der Waals surface area contributed by atoms with E-state index >= 15 is 0 Å². The Morgan fingerprint density at radius 3 is 1.10 bits per heavy atom. The first-order chi connectivity index (χ1) is 20.3. The average Bonchev–Trinajstić information content (AvgIpc) is 3.02. The van der Waals surface area contributed by atoms with E-state index in [-0.39, 0.29) is 0 Å². The molecule has 0 aliphatic rings. The molecule has 7 heteroatoms. The van der Waals surface area contributed by atoms with E-state index in [4.69, 9.17) is 18.6 Å². The third-order valence-corrected chi connectivity index (χ3v) is 7.54. The molecule has 42 heavy (non-hydrogen) atoms. The molecule has 5 nitrogen and oxygen atoms in total. The van der Waals surface area contributed by atoms with Gasteiger partial charge in [-0.2, -0.15) is 0 Å². The second kappa shape index (κ2) is 13.5. The van der Waals surface area contributed by atoms with Crippen molar-refractivity contribution in [3.8, 4) is 32.0 Å². The van der Waals surface area contributed by atoms with E-state index in [0.717, 1.165) is 17.1 Å².